The second-order valence-corrected chi connectivity index (χ2v) is 4.26. The van der Waals surface area contributed by atoms with E-state index in [-0.39, 0.29) is 19.4 Å². The summed E-state index contributed by atoms with van der Waals surface area (Å²) in [5, 5.41) is 9.93. The Morgan fingerprint density at radius 2 is 1.94 bits per heavy atom. The summed E-state index contributed by atoms with van der Waals surface area (Å²) in [5.41, 5.74) is -2.27. The summed E-state index contributed by atoms with van der Waals surface area (Å²) in [7, 11) is 0. The quantitative estimate of drug-likeness (QED) is 0.758. The molecule has 0 amide bonds. The van der Waals surface area contributed by atoms with Crippen molar-refractivity contribution in [3.05, 3.63) is 0 Å². The van der Waals surface area contributed by atoms with E-state index in [0.717, 1.165) is 6.54 Å². The molecule has 1 N–H and O–H groups in total. The lowest BCUT2D eigenvalue weighted by molar-refractivity contribution is -0.222. The summed E-state index contributed by atoms with van der Waals surface area (Å²) in [4.78, 5) is 13.1. The Bertz CT molecular complexity index is 276. The Labute approximate surface area is 99.5 Å². The van der Waals surface area contributed by atoms with Crippen molar-refractivity contribution >= 4 is 5.97 Å². The van der Waals surface area contributed by atoms with Gasteiger partial charge in [-0.15, -0.1) is 0 Å². The zero-order chi connectivity index (χ0) is 13.1. The molecule has 0 atom stereocenters. The van der Waals surface area contributed by atoms with Crippen LogP contribution in [0.5, 0.6) is 0 Å². The molecule has 100 valence electrons. The topological polar surface area (TPSA) is 49.8 Å². The molecule has 6 heteroatoms. The number of nitrogens with zero attached hydrogens (tertiary/aromatic N) is 1. The van der Waals surface area contributed by atoms with Gasteiger partial charge in [0, 0.05) is 13.1 Å². The summed E-state index contributed by atoms with van der Waals surface area (Å²) in [6, 6.07) is 0. The number of esters is 1. The first kappa shape index (κ1) is 14.3. The lowest BCUT2D eigenvalue weighted by atomic mass is 9.85. The molecule has 17 heavy (non-hydrogen) atoms. The molecule has 0 saturated carbocycles. The van der Waals surface area contributed by atoms with E-state index in [1.807, 2.05) is 11.8 Å². The van der Waals surface area contributed by atoms with Crippen LogP contribution < -0.4 is 0 Å². The average molecular weight is 251 g/mol. The monoisotopic (exact) mass is 251 g/mol. The smallest absolute Gasteiger partial charge is 0.380 e. The molecule has 1 aliphatic rings. The minimum Gasteiger partial charge on any atom is -0.461 e. The molecule has 0 unspecified atom stereocenters. The van der Waals surface area contributed by atoms with Crippen LogP contribution in [0.15, 0.2) is 0 Å². The van der Waals surface area contributed by atoms with Crippen molar-refractivity contribution in [2.75, 3.05) is 26.2 Å². The number of halogens is 2. The molecule has 1 heterocycles. The number of hydrogen-bond acceptors (Lipinski definition) is 4. The largest absolute Gasteiger partial charge is 0.461 e. The predicted octanol–water partition coefficient (Wildman–Crippen LogP) is 1.03. The van der Waals surface area contributed by atoms with Crippen molar-refractivity contribution in [2.24, 2.45) is 0 Å². The van der Waals surface area contributed by atoms with Gasteiger partial charge in [-0.2, -0.15) is 8.78 Å². The number of ether oxygens (including phenoxy) is 1. The molecule has 1 fully saturated rings. The zero-order valence-electron chi connectivity index (χ0n) is 10.2. The molecule has 0 radical (unpaired) electrons. The van der Waals surface area contributed by atoms with E-state index in [2.05, 4.69) is 4.74 Å². The fourth-order valence-electron chi connectivity index (χ4n) is 1.96. The third-order valence-corrected chi connectivity index (χ3v) is 3.25. The van der Waals surface area contributed by atoms with E-state index < -0.39 is 17.5 Å². The highest BCUT2D eigenvalue weighted by Crippen LogP contribution is 2.38. The van der Waals surface area contributed by atoms with Crippen molar-refractivity contribution in [2.45, 2.75) is 38.2 Å². The molecule has 0 spiro atoms. The molecule has 0 aromatic rings. The molecule has 1 saturated heterocycles. The van der Waals surface area contributed by atoms with Crippen LogP contribution in [0.2, 0.25) is 0 Å². The van der Waals surface area contributed by atoms with Gasteiger partial charge in [0.05, 0.1) is 6.61 Å². The summed E-state index contributed by atoms with van der Waals surface area (Å²) in [6.45, 7) is 4.74. The Morgan fingerprint density at radius 3 is 2.35 bits per heavy atom. The molecule has 0 aliphatic carbocycles. The van der Waals surface area contributed by atoms with Gasteiger partial charge in [-0.05, 0) is 26.3 Å². The van der Waals surface area contributed by atoms with E-state index in [1.54, 1.807) is 0 Å². The van der Waals surface area contributed by atoms with E-state index in [0.29, 0.717) is 13.1 Å². The second-order valence-electron chi connectivity index (χ2n) is 4.26. The number of carbonyl (C=O) groups excluding carboxylic acids is 1. The lowest BCUT2D eigenvalue weighted by Gasteiger charge is -2.40. The number of aliphatic hydroxyl groups is 1. The van der Waals surface area contributed by atoms with Crippen LogP contribution in [-0.4, -0.2) is 53.7 Å². The van der Waals surface area contributed by atoms with Crippen LogP contribution in [0, 0.1) is 0 Å². The van der Waals surface area contributed by atoms with Crippen molar-refractivity contribution in [3.63, 3.8) is 0 Å². The predicted molar refractivity (Wildman–Crippen MR) is 57.9 cm³/mol. The van der Waals surface area contributed by atoms with Crippen LogP contribution in [0.4, 0.5) is 8.78 Å². The lowest BCUT2D eigenvalue weighted by Crippen LogP contribution is -2.59. The van der Waals surface area contributed by atoms with Crippen LogP contribution in [0.3, 0.4) is 0 Å². The number of rotatable bonds is 4. The number of hydrogen-bond donors (Lipinski definition) is 1. The minimum atomic E-state index is -3.83. The number of likely N-dealkylation sites (tertiary alicyclic amines) is 1. The molecule has 1 rings (SSSR count). The standard InChI is InChI=1S/C11H19F2NO3/c1-3-14-7-5-10(16,6-8-14)11(12,13)9(15)17-4-2/h16H,3-8H2,1-2H3. The van der Waals surface area contributed by atoms with Gasteiger partial charge in [-0.3, -0.25) is 0 Å². The van der Waals surface area contributed by atoms with E-state index in [4.69, 9.17) is 0 Å². The Balaban J connectivity index is 2.73. The molecule has 0 bridgehead atoms. The Hall–Kier alpha value is -0.750. The van der Waals surface area contributed by atoms with Crippen molar-refractivity contribution < 1.29 is 23.4 Å². The van der Waals surface area contributed by atoms with Gasteiger partial charge in [0.15, 0.2) is 0 Å². The first-order valence-electron chi connectivity index (χ1n) is 5.87. The van der Waals surface area contributed by atoms with Crippen LogP contribution in [-0.2, 0) is 9.53 Å². The van der Waals surface area contributed by atoms with Gasteiger partial charge in [0.2, 0.25) is 0 Å². The molecular formula is C11H19F2NO3. The third-order valence-electron chi connectivity index (χ3n) is 3.25. The third kappa shape index (κ3) is 2.74. The van der Waals surface area contributed by atoms with Crippen LogP contribution in [0.1, 0.15) is 26.7 Å². The Kier molecular flexibility index (Phi) is 4.43. The van der Waals surface area contributed by atoms with Crippen LogP contribution in [0.25, 0.3) is 0 Å². The summed E-state index contributed by atoms with van der Waals surface area (Å²) >= 11 is 0. The molecule has 4 nitrogen and oxygen atoms in total. The van der Waals surface area contributed by atoms with Gasteiger partial charge < -0.3 is 14.7 Å². The number of alkyl halides is 2. The van der Waals surface area contributed by atoms with Gasteiger partial charge in [0.25, 0.3) is 0 Å². The van der Waals surface area contributed by atoms with Crippen molar-refractivity contribution in [3.8, 4) is 0 Å². The highest BCUT2D eigenvalue weighted by atomic mass is 19.3. The average Bonchev–Trinajstić information content (AvgIpc) is 2.30. The fraction of sp³-hybridized carbons (Fsp3) is 0.909. The second kappa shape index (κ2) is 5.27. The highest BCUT2D eigenvalue weighted by Gasteiger charge is 2.60. The minimum absolute atomic E-state index is 0.118. The maximum absolute atomic E-state index is 13.8. The summed E-state index contributed by atoms with van der Waals surface area (Å²) in [5.74, 6) is -5.46. The van der Waals surface area contributed by atoms with Crippen molar-refractivity contribution in [1.82, 2.24) is 4.90 Å². The van der Waals surface area contributed by atoms with E-state index >= 15 is 0 Å². The maximum atomic E-state index is 13.8. The zero-order valence-corrected chi connectivity index (χ0v) is 10.2. The fourth-order valence-corrected chi connectivity index (χ4v) is 1.96. The van der Waals surface area contributed by atoms with E-state index in [1.165, 1.54) is 6.92 Å². The van der Waals surface area contributed by atoms with Gasteiger partial charge in [-0.25, -0.2) is 4.79 Å². The number of piperidine rings is 1. The summed E-state index contributed by atoms with van der Waals surface area (Å²) < 4.78 is 31.8. The first-order valence-corrected chi connectivity index (χ1v) is 5.87. The van der Waals surface area contributed by atoms with Gasteiger partial charge in [0.1, 0.15) is 5.60 Å². The molecule has 1 aliphatic heterocycles. The van der Waals surface area contributed by atoms with E-state index in [9.17, 15) is 18.7 Å². The molecular weight excluding hydrogens is 232 g/mol. The molecule has 0 aromatic carbocycles. The van der Waals surface area contributed by atoms with Gasteiger partial charge >= 0.3 is 11.9 Å². The maximum Gasteiger partial charge on any atom is 0.380 e. The molecule has 0 aromatic heterocycles. The van der Waals surface area contributed by atoms with Crippen molar-refractivity contribution in [1.29, 1.82) is 0 Å². The van der Waals surface area contributed by atoms with Gasteiger partial charge in [-0.1, -0.05) is 6.92 Å². The number of carbonyl (C=O) groups is 1. The SMILES string of the molecule is CCOC(=O)C(F)(F)C1(O)CCN(CC)CC1. The normalized spacial score (nSPS) is 21.2. The first-order chi connectivity index (χ1) is 7.87. The van der Waals surface area contributed by atoms with Crippen LogP contribution >= 0.6 is 0 Å². The summed E-state index contributed by atoms with van der Waals surface area (Å²) in [6.07, 6.45) is -0.237. The highest BCUT2D eigenvalue weighted by molar-refractivity contribution is 5.79. The Morgan fingerprint density at radius 1 is 1.41 bits per heavy atom.